The fourth-order valence-corrected chi connectivity index (χ4v) is 4.08. The topological polar surface area (TPSA) is 12.9 Å². The summed E-state index contributed by atoms with van der Waals surface area (Å²) >= 11 is 0. The van der Waals surface area contributed by atoms with Crippen LogP contribution in [0, 0.1) is 0 Å². The van der Waals surface area contributed by atoms with Gasteiger partial charge in [-0.15, -0.1) is 0 Å². The van der Waals surface area contributed by atoms with Gasteiger partial charge >= 0.3 is 0 Å². The highest BCUT2D eigenvalue weighted by Crippen LogP contribution is 2.52. The number of nitrogens with zero attached hydrogens (tertiary/aromatic N) is 1. The molecule has 1 heterocycles. The van der Waals surface area contributed by atoms with Crippen LogP contribution in [0.2, 0.25) is 0 Å². The third kappa shape index (κ3) is 2.41. The molecule has 0 unspecified atom stereocenters. The molecular formula is C24H25N. The second-order valence-electron chi connectivity index (χ2n) is 8.58. The van der Waals surface area contributed by atoms with E-state index in [4.69, 9.17) is 0 Å². The predicted octanol–water partition coefficient (Wildman–Crippen LogP) is 6.35. The fourth-order valence-electron chi connectivity index (χ4n) is 4.08. The zero-order valence-electron chi connectivity index (χ0n) is 15.7. The maximum Gasteiger partial charge on any atom is 0.0705 e. The molecule has 3 aromatic rings. The van der Waals surface area contributed by atoms with Crippen molar-refractivity contribution in [2.75, 3.05) is 0 Å². The van der Waals surface area contributed by atoms with Crippen LogP contribution in [0.15, 0.2) is 60.8 Å². The molecule has 1 nitrogen and oxygen atoms in total. The van der Waals surface area contributed by atoms with Crippen LogP contribution in [-0.4, -0.2) is 4.98 Å². The Morgan fingerprint density at radius 1 is 0.800 bits per heavy atom. The fraction of sp³-hybridized carbons (Fsp3) is 0.292. The Balaban J connectivity index is 1.98. The Kier molecular flexibility index (Phi) is 3.40. The van der Waals surface area contributed by atoms with Crippen molar-refractivity contribution in [3.8, 4) is 22.4 Å². The monoisotopic (exact) mass is 327 g/mol. The van der Waals surface area contributed by atoms with Gasteiger partial charge in [0.25, 0.3) is 0 Å². The van der Waals surface area contributed by atoms with Crippen LogP contribution in [0.4, 0.5) is 0 Å². The standard InChI is InChI=1S/C24H25N/c1-23(2,3)16-12-13-17-18-9-8-10-19(21-11-6-7-14-25-21)22(18)24(4,5)20(17)15-16/h6-15H,1-5H3. The Bertz CT molecular complexity index is 944. The van der Waals surface area contributed by atoms with E-state index in [9.17, 15) is 0 Å². The van der Waals surface area contributed by atoms with E-state index >= 15 is 0 Å². The van der Waals surface area contributed by atoms with Crippen molar-refractivity contribution in [1.29, 1.82) is 0 Å². The van der Waals surface area contributed by atoms with Crippen molar-refractivity contribution < 1.29 is 0 Å². The van der Waals surface area contributed by atoms with Gasteiger partial charge in [0.05, 0.1) is 5.69 Å². The quantitative estimate of drug-likeness (QED) is 0.507. The van der Waals surface area contributed by atoms with E-state index in [1.165, 1.54) is 33.4 Å². The minimum Gasteiger partial charge on any atom is -0.256 e. The first-order valence-electron chi connectivity index (χ1n) is 9.00. The Morgan fingerprint density at radius 2 is 1.56 bits per heavy atom. The number of benzene rings is 2. The third-order valence-electron chi connectivity index (χ3n) is 5.48. The van der Waals surface area contributed by atoms with Crippen LogP contribution in [-0.2, 0) is 10.8 Å². The van der Waals surface area contributed by atoms with E-state index in [0.717, 1.165) is 5.69 Å². The number of fused-ring (bicyclic) bond motifs is 3. The molecule has 1 aliphatic rings. The highest BCUT2D eigenvalue weighted by molar-refractivity contribution is 5.87. The van der Waals surface area contributed by atoms with E-state index in [1.807, 2.05) is 12.3 Å². The predicted molar refractivity (Wildman–Crippen MR) is 106 cm³/mol. The molecule has 0 amide bonds. The number of aromatic nitrogens is 1. The molecule has 0 bridgehead atoms. The van der Waals surface area contributed by atoms with Gasteiger partial charge in [0, 0.05) is 17.2 Å². The van der Waals surface area contributed by atoms with Crippen molar-refractivity contribution in [2.45, 2.75) is 45.4 Å². The average molecular weight is 327 g/mol. The second-order valence-corrected chi connectivity index (χ2v) is 8.58. The maximum absolute atomic E-state index is 4.61. The lowest BCUT2D eigenvalue weighted by atomic mass is 9.77. The van der Waals surface area contributed by atoms with E-state index in [0.29, 0.717) is 0 Å². The molecule has 1 heteroatoms. The SMILES string of the molecule is CC(C)(C)c1ccc2c(c1)C(C)(C)c1c(-c3ccccn3)cccc1-2. The molecule has 0 aliphatic heterocycles. The van der Waals surface area contributed by atoms with E-state index in [-0.39, 0.29) is 10.8 Å². The van der Waals surface area contributed by atoms with Gasteiger partial charge in [-0.1, -0.05) is 77.1 Å². The largest absolute Gasteiger partial charge is 0.256 e. The molecule has 0 radical (unpaired) electrons. The van der Waals surface area contributed by atoms with Gasteiger partial charge in [-0.2, -0.15) is 0 Å². The lowest BCUT2D eigenvalue weighted by molar-refractivity contribution is 0.585. The molecule has 0 N–H and O–H groups in total. The minimum atomic E-state index is -0.0277. The van der Waals surface area contributed by atoms with Crippen LogP contribution in [0.5, 0.6) is 0 Å². The summed E-state index contributed by atoms with van der Waals surface area (Å²) in [5, 5.41) is 0. The molecule has 4 rings (SSSR count). The summed E-state index contributed by atoms with van der Waals surface area (Å²) in [6, 6.07) is 19.8. The zero-order valence-corrected chi connectivity index (χ0v) is 15.7. The van der Waals surface area contributed by atoms with Crippen molar-refractivity contribution in [3.05, 3.63) is 77.5 Å². The highest BCUT2D eigenvalue weighted by Gasteiger charge is 2.38. The summed E-state index contributed by atoms with van der Waals surface area (Å²) in [7, 11) is 0. The van der Waals surface area contributed by atoms with Crippen LogP contribution >= 0.6 is 0 Å². The third-order valence-corrected chi connectivity index (χ3v) is 5.48. The van der Waals surface area contributed by atoms with Crippen LogP contribution in [0.1, 0.15) is 51.3 Å². The Morgan fingerprint density at radius 3 is 2.24 bits per heavy atom. The number of pyridine rings is 1. The highest BCUT2D eigenvalue weighted by atomic mass is 14.7. The lowest BCUT2D eigenvalue weighted by Gasteiger charge is -2.26. The zero-order chi connectivity index (χ0) is 17.8. The van der Waals surface area contributed by atoms with Gasteiger partial charge < -0.3 is 0 Å². The van der Waals surface area contributed by atoms with Crippen LogP contribution in [0.25, 0.3) is 22.4 Å². The minimum absolute atomic E-state index is 0.0277. The second kappa shape index (κ2) is 5.29. The van der Waals surface area contributed by atoms with Gasteiger partial charge in [0.2, 0.25) is 0 Å². The number of hydrogen-bond donors (Lipinski definition) is 0. The van der Waals surface area contributed by atoms with E-state index < -0.39 is 0 Å². The summed E-state index contributed by atoms with van der Waals surface area (Å²) in [5.41, 5.74) is 9.37. The van der Waals surface area contributed by atoms with Gasteiger partial charge in [-0.25, -0.2) is 0 Å². The summed E-state index contributed by atoms with van der Waals surface area (Å²) in [6.45, 7) is 11.5. The van der Waals surface area contributed by atoms with Crippen molar-refractivity contribution in [1.82, 2.24) is 4.98 Å². The maximum atomic E-state index is 4.61. The average Bonchev–Trinajstić information content (AvgIpc) is 2.83. The summed E-state index contributed by atoms with van der Waals surface area (Å²) in [6.07, 6.45) is 1.88. The molecule has 25 heavy (non-hydrogen) atoms. The molecule has 0 atom stereocenters. The molecule has 0 saturated carbocycles. The molecule has 0 spiro atoms. The number of rotatable bonds is 1. The Hall–Kier alpha value is -2.41. The molecule has 126 valence electrons. The molecule has 1 aromatic heterocycles. The van der Waals surface area contributed by atoms with Crippen molar-refractivity contribution in [3.63, 3.8) is 0 Å². The van der Waals surface area contributed by atoms with E-state index in [1.54, 1.807) is 0 Å². The molecule has 2 aromatic carbocycles. The normalized spacial score (nSPS) is 14.9. The molecule has 1 aliphatic carbocycles. The Labute approximate surface area is 150 Å². The molecule has 0 saturated heterocycles. The number of hydrogen-bond acceptors (Lipinski definition) is 1. The van der Waals surface area contributed by atoms with E-state index in [2.05, 4.69) is 88.1 Å². The van der Waals surface area contributed by atoms with Crippen molar-refractivity contribution in [2.24, 2.45) is 0 Å². The van der Waals surface area contributed by atoms with Crippen LogP contribution in [0.3, 0.4) is 0 Å². The van der Waals surface area contributed by atoms with Gasteiger partial charge in [0.1, 0.15) is 0 Å². The first kappa shape index (κ1) is 16.1. The van der Waals surface area contributed by atoms with Gasteiger partial charge in [0.15, 0.2) is 0 Å². The lowest BCUT2D eigenvalue weighted by Crippen LogP contribution is -2.18. The summed E-state index contributed by atoms with van der Waals surface area (Å²) in [4.78, 5) is 4.61. The van der Waals surface area contributed by atoms with Gasteiger partial charge in [-0.05, 0) is 45.4 Å². The van der Waals surface area contributed by atoms with Gasteiger partial charge in [-0.3, -0.25) is 4.98 Å². The molecular weight excluding hydrogens is 302 g/mol. The van der Waals surface area contributed by atoms with Crippen molar-refractivity contribution >= 4 is 0 Å². The smallest absolute Gasteiger partial charge is 0.0705 e. The first-order valence-corrected chi connectivity index (χ1v) is 9.00. The summed E-state index contributed by atoms with van der Waals surface area (Å²) in [5.74, 6) is 0. The summed E-state index contributed by atoms with van der Waals surface area (Å²) < 4.78 is 0. The molecule has 0 fully saturated rings. The van der Waals surface area contributed by atoms with Crippen LogP contribution < -0.4 is 0 Å². The first-order chi connectivity index (χ1) is 11.8.